The van der Waals surface area contributed by atoms with Gasteiger partial charge in [-0.05, 0) is 12.5 Å². The lowest BCUT2D eigenvalue weighted by atomic mass is 10.2. The molecule has 0 atom stereocenters. The molecular formula is C11H17NO. The van der Waals surface area contributed by atoms with E-state index in [9.17, 15) is 0 Å². The smallest absolute Gasteiger partial charge is 0.166 e. The summed E-state index contributed by atoms with van der Waals surface area (Å²) in [6.07, 6.45) is 8.31. The van der Waals surface area contributed by atoms with E-state index in [1.165, 1.54) is 0 Å². The molecule has 0 aliphatic rings. The van der Waals surface area contributed by atoms with Crippen LogP contribution in [0.2, 0.25) is 0 Å². The summed E-state index contributed by atoms with van der Waals surface area (Å²) in [6.45, 7) is 9.71. The van der Waals surface area contributed by atoms with Crippen LogP contribution in [0.3, 0.4) is 0 Å². The van der Waals surface area contributed by atoms with Gasteiger partial charge in [0.25, 0.3) is 0 Å². The maximum atomic E-state index is 4.95. The van der Waals surface area contributed by atoms with Crippen LogP contribution in [0.4, 0.5) is 0 Å². The van der Waals surface area contributed by atoms with Crippen LogP contribution in [0.15, 0.2) is 23.4 Å². The second-order valence-electron chi connectivity index (χ2n) is 2.16. The molecule has 0 saturated heterocycles. The van der Waals surface area contributed by atoms with Crippen LogP contribution in [0.1, 0.15) is 38.5 Å². The maximum Gasteiger partial charge on any atom is 0.166 e. The lowest BCUT2D eigenvalue weighted by Crippen LogP contribution is -1.68. The summed E-state index contributed by atoms with van der Waals surface area (Å²) in [5.41, 5.74) is 0.940. The maximum absolute atomic E-state index is 4.95. The van der Waals surface area contributed by atoms with Gasteiger partial charge in [-0.25, -0.2) is 0 Å². The molecule has 1 heterocycles. The minimum atomic E-state index is 0.779. The first-order chi connectivity index (χ1) is 6.38. The van der Waals surface area contributed by atoms with Gasteiger partial charge in [-0.1, -0.05) is 44.7 Å². The Morgan fingerprint density at radius 1 is 1.54 bits per heavy atom. The molecule has 13 heavy (non-hydrogen) atoms. The van der Waals surface area contributed by atoms with E-state index in [0.717, 1.165) is 17.7 Å². The Labute approximate surface area is 79.9 Å². The second-order valence-corrected chi connectivity index (χ2v) is 2.16. The van der Waals surface area contributed by atoms with Crippen LogP contribution in [-0.2, 0) is 0 Å². The molecule has 0 radical (unpaired) electrons. The largest absolute Gasteiger partial charge is 0.356 e. The minimum absolute atomic E-state index is 0.779. The predicted molar refractivity (Wildman–Crippen MR) is 57.3 cm³/mol. The van der Waals surface area contributed by atoms with E-state index in [1.807, 2.05) is 26.0 Å². The summed E-state index contributed by atoms with van der Waals surface area (Å²) in [7, 11) is 0. The number of rotatable bonds is 3. The van der Waals surface area contributed by atoms with Crippen molar-refractivity contribution in [2.45, 2.75) is 27.2 Å². The van der Waals surface area contributed by atoms with Crippen LogP contribution in [0.25, 0.3) is 12.2 Å². The first-order valence-corrected chi connectivity index (χ1v) is 4.62. The van der Waals surface area contributed by atoms with E-state index in [0.29, 0.717) is 0 Å². The molecule has 0 N–H and O–H groups in total. The van der Waals surface area contributed by atoms with Crippen molar-refractivity contribution in [2.24, 2.45) is 0 Å². The average molecular weight is 179 g/mol. The third-order valence-corrected chi connectivity index (χ3v) is 1.35. The zero-order valence-electron chi connectivity index (χ0n) is 8.58. The Morgan fingerprint density at radius 3 is 2.77 bits per heavy atom. The molecule has 0 aliphatic carbocycles. The molecule has 72 valence electrons. The summed E-state index contributed by atoms with van der Waals surface area (Å²) in [5.74, 6) is 0.779. The molecule has 1 rings (SSSR count). The third kappa shape index (κ3) is 3.74. The molecule has 0 fully saturated rings. The molecule has 0 spiro atoms. The Bertz CT molecular complexity index is 261. The van der Waals surface area contributed by atoms with Crippen molar-refractivity contribution < 1.29 is 4.52 Å². The van der Waals surface area contributed by atoms with Gasteiger partial charge >= 0.3 is 0 Å². The van der Waals surface area contributed by atoms with Crippen LogP contribution >= 0.6 is 0 Å². The fraction of sp³-hybridized carbons (Fsp3) is 0.364. The SMILES string of the molecule is C=Cc1cnoc1/C=C\CC.CC. The Balaban J connectivity index is 0.000000671. The fourth-order valence-corrected chi connectivity index (χ4v) is 0.761. The normalized spacial score (nSPS) is 9.46. The monoisotopic (exact) mass is 179 g/mol. The molecule has 0 unspecified atom stereocenters. The minimum Gasteiger partial charge on any atom is -0.356 e. The van der Waals surface area contributed by atoms with Crippen LogP contribution < -0.4 is 0 Å². The topological polar surface area (TPSA) is 26.0 Å². The van der Waals surface area contributed by atoms with Crippen molar-refractivity contribution in [1.82, 2.24) is 5.16 Å². The fourth-order valence-electron chi connectivity index (χ4n) is 0.761. The highest BCUT2D eigenvalue weighted by Gasteiger charge is 1.98. The van der Waals surface area contributed by atoms with E-state index in [4.69, 9.17) is 4.52 Å². The molecule has 2 nitrogen and oxygen atoms in total. The highest BCUT2D eigenvalue weighted by molar-refractivity contribution is 5.58. The first-order valence-electron chi connectivity index (χ1n) is 4.62. The third-order valence-electron chi connectivity index (χ3n) is 1.35. The van der Waals surface area contributed by atoms with Gasteiger partial charge in [0.2, 0.25) is 0 Å². The van der Waals surface area contributed by atoms with Gasteiger partial charge in [-0.15, -0.1) is 0 Å². The Kier molecular flexibility index (Phi) is 6.60. The van der Waals surface area contributed by atoms with Crippen molar-refractivity contribution in [3.05, 3.63) is 30.2 Å². The molecular weight excluding hydrogens is 162 g/mol. The summed E-state index contributed by atoms with van der Waals surface area (Å²) in [4.78, 5) is 0. The van der Waals surface area contributed by atoms with Crippen LogP contribution in [0.5, 0.6) is 0 Å². The molecule has 1 aromatic rings. The van der Waals surface area contributed by atoms with Gasteiger partial charge in [0.05, 0.1) is 6.20 Å². The zero-order chi connectivity index (χ0) is 10.1. The Morgan fingerprint density at radius 2 is 2.23 bits per heavy atom. The molecule has 2 heteroatoms. The quantitative estimate of drug-likeness (QED) is 0.706. The second kappa shape index (κ2) is 7.35. The molecule has 1 aromatic heterocycles. The van der Waals surface area contributed by atoms with Crippen LogP contribution in [-0.4, -0.2) is 5.16 Å². The van der Waals surface area contributed by atoms with Gasteiger partial charge in [0, 0.05) is 5.56 Å². The number of hydrogen-bond donors (Lipinski definition) is 0. The Hall–Kier alpha value is -1.31. The van der Waals surface area contributed by atoms with Gasteiger partial charge in [-0.2, -0.15) is 0 Å². The van der Waals surface area contributed by atoms with Crippen molar-refractivity contribution in [1.29, 1.82) is 0 Å². The molecule has 0 bridgehead atoms. The standard InChI is InChI=1S/C9H11NO.C2H6/c1-3-5-6-9-8(4-2)7-10-11-9;1-2/h4-7H,2-3H2,1H3;1-2H3/b6-5-;. The summed E-state index contributed by atoms with van der Waals surface area (Å²) in [5, 5.41) is 3.65. The van der Waals surface area contributed by atoms with Crippen LogP contribution in [0, 0.1) is 0 Å². The molecule has 0 aromatic carbocycles. The highest BCUT2D eigenvalue weighted by atomic mass is 16.5. The van der Waals surface area contributed by atoms with E-state index < -0.39 is 0 Å². The predicted octanol–water partition coefficient (Wildman–Crippen LogP) is 3.77. The average Bonchev–Trinajstić information content (AvgIpc) is 2.65. The van der Waals surface area contributed by atoms with Crippen molar-refractivity contribution in [2.75, 3.05) is 0 Å². The van der Waals surface area contributed by atoms with Crippen molar-refractivity contribution >= 4 is 12.2 Å². The van der Waals surface area contributed by atoms with E-state index in [1.54, 1.807) is 12.3 Å². The number of aromatic nitrogens is 1. The van der Waals surface area contributed by atoms with Gasteiger partial charge < -0.3 is 4.52 Å². The summed E-state index contributed by atoms with van der Waals surface area (Å²) >= 11 is 0. The van der Waals surface area contributed by atoms with Crippen molar-refractivity contribution in [3.8, 4) is 0 Å². The van der Waals surface area contributed by atoms with Crippen molar-refractivity contribution in [3.63, 3.8) is 0 Å². The van der Waals surface area contributed by atoms with E-state index in [-0.39, 0.29) is 0 Å². The number of allylic oxidation sites excluding steroid dienone is 1. The summed E-state index contributed by atoms with van der Waals surface area (Å²) < 4.78 is 4.95. The van der Waals surface area contributed by atoms with Gasteiger partial charge in [0.15, 0.2) is 5.76 Å². The molecule has 0 amide bonds. The molecule has 0 aliphatic heterocycles. The highest BCUT2D eigenvalue weighted by Crippen LogP contribution is 2.10. The zero-order valence-corrected chi connectivity index (χ0v) is 8.58. The lowest BCUT2D eigenvalue weighted by molar-refractivity contribution is 0.412. The number of nitrogens with zero attached hydrogens (tertiary/aromatic N) is 1. The lowest BCUT2D eigenvalue weighted by Gasteiger charge is -1.84. The van der Waals surface area contributed by atoms with E-state index >= 15 is 0 Å². The van der Waals surface area contributed by atoms with Gasteiger partial charge in [0.1, 0.15) is 0 Å². The van der Waals surface area contributed by atoms with Gasteiger partial charge in [-0.3, -0.25) is 0 Å². The molecule has 0 saturated carbocycles. The number of hydrogen-bond acceptors (Lipinski definition) is 2. The van der Waals surface area contributed by atoms with E-state index in [2.05, 4.69) is 18.7 Å². The first kappa shape index (κ1) is 11.7. The summed E-state index contributed by atoms with van der Waals surface area (Å²) in [6, 6.07) is 0.